The van der Waals surface area contributed by atoms with Crippen molar-refractivity contribution in [3.8, 4) is 0 Å². The first-order chi connectivity index (χ1) is 7.25. The Hall–Kier alpha value is -1.71. The van der Waals surface area contributed by atoms with Crippen molar-refractivity contribution in [2.75, 3.05) is 5.32 Å². The van der Waals surface area contributed by atoms with Crippen molar-refractivity contribution < 1.29 is 0 Å². The molecule has 0 spiro atoms. The molecule has 15 heavy (non-hydrogen) atoms. The summed E-state index contributed by atoms with van der Waals surface area (Å²) >= 11 is 0. The van der Waals surface area contributed by atoms with E-state index in [2.05, 4.69) is 35.3 Å². The number of nitrogens with one attached hydrogen (secondary N) is 2. The van der Waals surface area contributed by atoms with Crippen molar-refractivity contribution in [1.82, 2.24) is 14.8 Å². The molecule has 0 fully saturated rings. The number of nitrogens with zero attached hydrogens (tertiary/aromatic N) is 2. The van der Waals surface area contributed by atoms with Crippen LogP contribution in [0.15, 0.2) is 30.9 Å². The van der Waals surface area contributed by atoms with E-state index >= 15 is 0 Å². The highest BCUT2D eigenvalue weighted by Gasteiger charge is 2.00. The fourth-order valence-electron chi connectivity index (χ4n) is 1.38. The lowest BCUT2D eigenvalue weighted by molar-refractivity contribution is 0.532. The molecule has 0 saturated carbocycles. The van der Waals surface area contributed by atoms with E-state index in [4.69, 9.17) is 0 Å². The Balaban J connectivity index is 1.94. The lowest BCUT2D eigenvalue weighted by atomic mass is 10.3. The van der Waals surface area contributed by atoms with E-state index in [0.29, 0.717) is 6.04 Å². The average molecular weight is 204 g/mol. The zero-order valence-corrected chi connectivity index (χ0v) is 9.07. The molecule has 0 aliphatic carbocycles. The monoisotopic (exact) mass is 204 g/mol. The molecule has 2 aromatic rings. The summed E-state index contributed by atoms with van der Waals surface area (Å²) in [5, 5.41) is 7.58. The third-order valence-corrected chi connectivity index (χ3v) is 2.29. The predicted octanol–water partition coefficient (Wildman–Crippen LogP) is 2.40. The Labute approximate surface area is 89.3 Å². The maximum atomic E-state index is 4.26. The van der Waals surface area contributed by atoms with Crippen LogP contribution < -0.4 is 5.32 Å². The summed E-state index contributed by atoms with van der Waals surface area (Å²) < 4.78 is 1.94. The molecule has 4 nitrogen and oxygen atoms in total. The van der Waals surface area contributed by atoms with Crippen LogP contribution in [0.1, 0.15) is 25.5 Å². The number of hydrogen-bond acceptors (Lipinski definition) is 2. The van der Waals surface area contributed by atoms with Crippen molar-refractivity contribution in [1.29, 1.82) is 0 Å². The van der Waals surface area contributed by atoms with Gasteiger partial charge in [0.1, 0.15) is 0 Å². The van der Waals surface area contributed by atoms with E-state index in [1.165, 1.54) is 5.56 Å². The fourth-order valence-corrected chi connectivity index (χ4v) is 1.38. The second kappa shape index (κ2) is 4.21. The highest BCUT2D eigenvalue weighted by atomic mass is 15.3. The number of aromatic nitrogens is 3. The van der Waals surface area contributed by atoms with Gasteiger partial charge < -0.3 is 10.3 Å². The third kappa shape index (κ3) is 2.40. The number of anilines is 1. The zero-order chi connectivity index (χ0) is 10.7. The number of hydrogen-bond donors (Lipinski definition) is 2. The molecule has 0 atom stereocenters. The van der Waals surface area contributed by atoms with E-state index in [9.17, 15) is 0 Å². The molecule has 4 heteroatoms. The summed E-state index contributed by atoms with van der Waals surface area (Å²) in [6.45, 7) is 5.05. The summed E-state index contributed by atoms with van der Waals surface area (Å²) in [5.41, 5.74) is 2.30. The first-order valence-electron chi connectivity index (χ1n) is 5.15. The zero-order valence-electron chi connectivity index (χ0n) is 9.07. The number of rotatable bonds is 4. The van der Waals surface area contributed by atoms with E-state index in [-0.39, 0.29) is 0 Å². The molecule has 0 bridgehead atoms. The first-order valence-corrected chi connectivity index (χ1v) is 5.15. The van der Waals surface area contributed by atoms with Crippen LogP contribution in [0.25, 0.3) is 0 Å². The molecular formula is C11H16N4. The van der Waals surface area contributed by atoms with Gasteiger partial charge in [-0.2, -0.15) is 5.10 Å². The van der Waals surface area contributed by atoms with Gasteiger partial charge in [0.2, 0.25) is 0 Å². The molecule has 2 aromatic heterocycles. The third-order valence-electron chi connectivity index (χ3n) is 2.29. The van der Waals surface area contributed by atoms with Gasteiger partial charge >= 0.3 is 0 Å². The van der Waals surface area contributed by atoms with Gasteiger partial charge in [-0.05, 0) is 25.5 Å². The van der Waals surface area contributed by atoms with Gasteiger partial charge in [-0.25, -0.2) is 0 Å². The highest BCUT2D eigenvalue weighted by Crippen LogP contribution is 2.11. The minimum Gasteiger partial charge on any atom is -0.378 e. The maximum absolute atomic E-state index is 4.26. The minimum absolute atomic E-state index is 0.410. The Kier molecular flexibility index (Phi) is 2.76. The largest absolute Gasteiger partial charge is 0.378 e. The summed E-state index contributed by atoms with van der Waals surface area (Å²) in [6.07, 6.45) is 7.79. The van der Waals surface area contributed by atoms with Crippen LogP contribution in [0.4, 0.5) is 5.69 Å². The van der Waals surface area contributed by atoms with Crippen LogP contribution in [-0.2, 0) is 6.54 Å². The van der Waals surface area contributed by atoms with Gasteiger partial charge in [-0.3, -0.25) is 4.68 Å². The summed E-state index contributed by atoms with van der Waals surface area (Å²) in [7, 11) is 0. The quantitative estimate of drug-likeness (QED) is 0.803. The summed E-state index contributed by atoms with van der Waals surface area (Å²) in [6, 6.07) is 2.47. The molecule has 2 rings (SSSR count). The Bertz CT molecular complexity index is 400. The molecule has 0 radical (unpaired) electrons. The van der Waals surface area contributed by atoms with Crippen molar-refractivity contribution in [2.45, 2.75) is 26.4 Å². The van der Waals surface area contributed by atoms with Gasteiger partial charge in [0, 0.05) is 31.2 Å². The fraction of sp³-hybridized carbons (Fsp3) is 0.364. The Morgan fingerprint density at radius 1 is 1.53 bits per heavy atom. The molecule has 0 aliphatic heterocycles. The van der Waals surface area contributed by atoms with Crippen molar-refractivity contribution in [3.05, 3.63) is 36.4 Å². The van der Waals surface area contributed by atoms with Crippen LogP contribution in [0, 0.1) is 0 Å². The van der Waals surface area contributed by atoms with E-state index in [0.717, 1.165) is 12.2 Å². The SMILES string of the molecule is CC(C)n1cc(NCc2cc[nH]c2)cn1. The van der Waals surface area contributed by atoms with E-state index in [1.807, 2.05) is 29.5 Å². The summed E-state index contributed by atoms with van der Waals surface area (Å²) in [4.78, 5) is 3.03. The van der Waals surface area contributed by atoms with Gasteiger partial charge in [0.15, 0.2) is 0 Å². The molecule has 0 aliphatic rings. The predicted molar refractivity (Wildman–Crippen MR) is 60.7 cm³/mol. The Morgan fingerprint density at radius 3 is 3.00 bits per heavy atom. The van der Waals surface area contributed by atoms with Gasteiger partial charge in [0.25, 0.3) is 0 Å². The molecular weight excluding hydrogens is 188 g/mol. The van der Waals surface area contributed by atoms with Gasteiger partial charge in [0.05, 0.1) is 11.9 Å². The van der Waals surface area contributed by atoms with Crippen LogP contribution in [0.3, 0.4) is 0 Å². The normalized spacial score (nSPS) is 10.9. The van der Waals surface area contributed by atoms with Crippen LogP contribution >= 0.6 is 0 Å². The molecule has 0 aromatic carbocycles. The number of H-pyrrole nitrogens is 1. The van der Waals surface area contributed by atoms with E-state index < -0.39 is 0 Å². The van der Waals surface area contributed by atoms with Crippen molar-refractivity contribution in [3.63, 3.8) is 0 Å². The van der Waals surface area contributed by atoms with Crippen molar-refractivity contribution >= 4 is 5.69 Å². The topological polar surface area (TPSA) is 45.6 Å². The Morgan fingerprint density at radius 2 is 2.40 bits per heavy atom. The van der Waals surface area contributed by atoms with Crippen LogP contribution in [-0.4, -0.2) is 14.8 Å². The first kappa shape index (κ1) is 9.83. The highest BCUT2D eigenvalue weighted by molar-refractivity contribution is 5.39. The van der Waals surface area contributed by atoms with Crippen LogP contribution in [0.2, 0.25) is 0 Å². The number of aromatic amines is 1. The minimum atomic E-state index is 0.410. The molecule has 80 valence electrons. The lowest BCUT2D eigenvalue weighted by Crippen LogP contribution is -2.00. The van der Waals surface area contributed by atoms with E-state index in [1.54, 1.807) is 0 Å². The second-order valence-corrected chi connectivity index (χ2v) is 3.88. The molecule has 0 amide bonds. The standard InChI is InChI=1S/C11H16N4/c1-9(2)15-8-11(7-14-15)13-6-10-3-4-12-5-10/h3-5,7-9,12-13H,6H2,1-2H3. The van der Waals surface area contributed by atoms with Crippen molar-refractivity contribution in [2.24, 2.45) is 0 Å². The van der Waals surface area contributed by atoms with Gasteiger partial charge in [-0.15, -0.1) is 0 Å². The average Bonchev–Trinajstić information content (AvgIpc) is 2.86. The maximum Gasteiger partial charge on any atom is 0.0729 e. The van der Waals surface area contributed by atoms with Crippen LogP contribution in [0.5, 0.6) is 0 Å². The molecule has 0 saturated heterocycles. The molecule has 2 heterocycles. The molecule has 0 unspecified atom stereocenters. The molecule has 2 N–H and O–H groups in total. The van der Waals surface area contributed by atoms with Gasteiger partial charge in [-0.1, -0.05) is 0 Å². The lowest BCUT2D eigenvalue weighted by Gasteiger charge is -2.03. The summed E-state index contributed by atoms with van der Waals surface area (Å²) in [5.74, 6) is 0. The smallest absolute Gasteiger partial charge is 0.0729 e. The second-order valence-electron chi connectivity index (χ2n) is 3.88.